The topological polar surface area (TPSA) is 41.1 Å². The van der Waals surface area contributed by atoms with Gasteiger partial charge in [0, 0.05) is 29.6 Å². The third-order valence-electron chi connectivity index (χ3n) is 3.64. The summed E-state index contributed by atoms with van der Waals surface area (Å²) in [7, 11) is 0. The van der Waals surface area contributed by atoms with Gasteiger partial charge < -0.3 is 10.6 Å². The van der Waals surface area contributed by atoms with Gasteiger partial charge in [-0.25, -0.2) is 0 Å². The molecule has 1 aliphatic heterocycles. The molecule has 3 nitrogen and oxygen atoms in total. The molecule has 1 fully saturated rings. The Bertz CT molecular complexity index is 487. The first-order valence-electron chi connectivity index (χ1n) is 7.73. The van der Waals surface area contributed by atoms with Crippen molar-refractivity contribution < 1.29 is 4.79 Å². The van der Waals surface area contributed by atoms with E-state index in [9.17, 15) is 4.79 Å². The predicted molar refractivity (Wildman–Crippen MR) is 92.2 cm³/mol. The van der Waals surface area contributed by atoms with Crippen LogP contribution in [-0.2, 0) is 0 Å². The van der Waals surface area contributed by atoms with Crippen LogP contribution in [0.15, 0.2) is 24.3 Å². The summed E-state index contributed by atoms with van der Waals surface area (Å²) < 4.78 is 0. The molecule has 2 N–H and O–H groups in total. The average Bonchev–Trinajstić information content (AvgIpc) is 2.44. The average molecular weight is 306 g/mol. The Labute approximate surface area is 132 Å². The van der Waals surface area contributed by atoms with Crippen LogP contribution in [-0.4, -0.2) is 30.0 Å². The summed E-state index contributed by atoms with van der Waals surface area (Å²) in [6, 6.07) is 8.30. The molecule has 0 bridgehead atoms. The van der Waals surface area contributed by atoms with Gasteiger partial charge in [0.25, 0.3) is 5.91 Å². The summed E-state index contributed by atoms with van der Waals surface area (Å²) in [4.78, 5) is 12.0. The zero-order valence-electron chi connectivity index (χ0n) is 13.2. The van der Waals surface area contributed by atoms with Crippen molar-refractivity contribution in [1.29, 1.82) is 0 Å². The van der Waals surface area contributed by atoms with E-state index in [1.165, 1.54) is 12.2 Å². The van der Waals surface area contributed by atoms with E-state index < -0.39 is 0 Å². The molecule has 1 amide bonds. The first-order chi connectivity index (χ1) is 10.00. The molecule has 0 aromatic heterocycles. The second kappa shape index (κ2) is 7.21. The van der Waals surface area contributed by atoms with Crippen LogP contribution in [0.1, 0.15) is 44.0 Å². The molecule has 21 heavy (non-hydrogen) atoms. The minimum Gasteiger partial charge on any atom is -0.381 e. The van der Waals surface area contributed by atoms with E-state index in [-0.39, 0.29) is 5.91 Å². The maximum atomic E-state index is 12.0. The van der Waals surface area contributed by atoms with E-state index in [1.807, 2.05) is 36.0 Å². The summed E-state index contributed by atoms with van der Waals surface area (Å²) in [5, 5.41) is 6.51. The number of amides is 1. The number of benzene rings is 1. The highest BCUT2D eigenvalue weighted by Crippen LogP contribution is 2.34. The third-order valence-corrected chi connectivity index (χ3v) is 5.27. The van der Waals surface area contributed by atoms with Crippen molar-refractivity contribution in [3.63, 3.8) is 0 Å². The lowest BCUT2D eigenvalue weighted by Crippen LogP contribution is -2.35. The van der Waals surface area contributed by atoms with Crippen LogP contribution < -0.4 is 10.6 Å². The van der Waals surface area contributed by atoms with Gasteiger partial charge in [0.15, 0.2) is 0 Å². The van der Waals surface area contributed by atoms with Crippen LogP contribution in [0.5, 0.6) is 0 Å². The Kier molecular flexibility index (Phi) is 5.57. The van der Waals surface area contributed by atoms with E-state index in [1.54, 1.807) is 0 Å². The molecule has 0 aliphatic carbocycles. The fourth-order valence-corrected chi connectivity index (χ4v) is 3.96. The Morgan fingerprint density at radius 3 is 2.95 bits per heavy atom. The van der Waals surface area contributed by atoms with Crippen LogP contribution >= 0.6 is 11.8 Å². The highest BCUT2D eigenvalue weighted by atomic mass is 32.2. The van der Waals surface area contributed by atoms with Crippen LogP contribution in [0.2, 0.25) is 0 Å². The smallest absolute Gasteiger partial charge is 0.251 e. The monoisotopic (exact) mass is 306 g/mol. The van der Waals surface area contributed by atoms with E-state index >= 15 is 0 Å². The number of hydrogen-bond acceptors (Lipinski definition) is 3. The van der Waals surface area contributed by atoms with Crippen LogP contribution in [0, 0.1) is 5.41 Å². The van der Waals surface area contributed by atoms with Crippen LogP contribution in [0.3, 0.4) is 0 Å². The number of nitrogens with one attached hydrogen (secondary N) is 2. The van der Waals surface area contributed by atoms with Gasteiger partial charge in [-0.2, -0.15) is 11.8 Å². The predicted octanol–water partition coefficient (Wildman–Crippen LogP) is 3.77. The second-order valence-electron chi connectivity index (χ2n) is 6.56. The van der Waals surface area contributed by atoms with Crippen LogP contribution in [0.4, 0.5) is 5.69 Å². The normalized spacial score (nSPS) is 20.8. The van der Waals surface area contributed by atoms with Gasteiger partial charge in [-0.15, -0.1) is 0 Å². The zero-order valence-corrected chi connectivity index (χ0v) is 14.1. The van der Waals surface area contributed by atoms with Crippen molar-refractivity contribution in [2.24, 2.45) is 5.41 Å². The summed E-state index contributed by atoms with van der Waals surface area (Å²) in [6.45, 7) is 7.43. The zero-order chi connectivity index (χ0) is 15.3. The van der Waals surface area contributed by atoms with Crippen LogP contribution in [0.25, 0.3) is 0 Å². The summed E-state index contributed by atoms with van der Waals surface area (Å²) in [5.74, 6) is 2.37. The lowest BCUT2D eigenvalue weighted by atomic mass is 9.88. The summed E-state index contributed by atoms with van der Waals surface area (Å²) in [6.07, 6.45) is 2.13. The minimum absolute atomic E-state index is 0.0128. The fraction of sp³-hybridized carbons (Fsp3) is 0.588. The molecular weight excluding hydrogens is 280 g/mol. The van der Waals surface area contributed by atoms with Gasteiger partial charge in [-0.1, -0.05) is 26.8 Å². The molecule has 1 unspecified atom stereocenters. The molecule has 1 atom stereocenters. The number of anilines is 1. The molecule has 1 aliphatic rings. The number of carbonyl (C=O) groups excluding carboxylic acids is 1. The van der Waals surface area contributed by atoms with E-state index in [2.05, 4.69) is 31.4 Å². The largest absolute Gasteiger partial charge is 0.381 e. The Morgan fingerprint density at radius 1 is 1.43 bits per heavy atom. The second-order valence-corrected chi connectivity index (χ2v) is 7.59. The standard InChI is InChI=1S/C17H26N2OS/c1-4-8-18-16(20)13-6-5-7-14(9-13)19-15-10-17(2,3)12-21-11-15/h5-7,9,15,19H,4,8,10-12H2,1-3H3,(H,18,20). The molecule has 0 saturated carbocycles. The van der Waals surface area contributed by atoms with E-state index in [0.717, 1.165) is 30.0 Å². The van der Waals surface area contributed by atoms with Gasteiger partial charge in [0.05, 0.1) is 0 Å². The lowest BCUT2D eigenvalue weighted by Gasteiger charge is -2.35. The fourth-order valence-electron chi connectivity index (χ4n) is 2.68. The molecule has 1 aromatic rings. The first-order valence-corrected chi connectivity index (χ1v) is 8.88. The maximum absolute atomic E-state index is 12.0. The van der Waals surface area contributed by atoms with Gasteiger partial charge in [0.2, 0.25) is 0 Å². The molecular formula is C17H26N2OS. The van der Waals surface area contributed by atoms with E-state index in [4.69, 9.17) is 0 Å². The number of rotatable bonds is 5. The number of carbonyl (C=O) groups is 1. The van der Waals surface area contributed by atoms with Crippen molar-refractivity contribution in [3.05, 3.63) is 29.8 Å². The quantitative estimate of drug-likeness (QED) is 0.870. The van der Waals surface area contributed by atoms with Crippen molar-refractivity contribution in [2.45, 2.75) is 39.7 Å². The molecule has 0 radical (unpaired) electrons. The van der Waals surface area contributed by atoms with Crippen molar-refractivity contribution >= 4 is 23.4 Å². The SMILES string of the molecule is CCCNC(=O)c1cccc(NC2CSCC(C)(C)C2)c1. The molecule has 1 saturated heterocycles. The van der Waals surface area contributed by atoms with Gasteiger partial charge in [0.1, 0.15) is 0 Å². The number of hydrogen-bond donors (Lipinski definition) is 2. The Morgan fingerprint density at radius 2 is 2.24 bits per heavy atom. The van der Waals surface area contributed by atoms with Crippen molar-refractivity contribution in [1.82, 2.24) is 5.32 Å². The molecule has 0 spiro atoms. The van der Waals surface area contributed by atoms with Gasteiger partial charge in [-0.3, -0.25) is 4.79 Å². The Balaban J connectivity index is 1.99. The highest BCUT2D eigenvalue weighted by molar-refractivity contribution is 7.99. The van der Waals surface area contributed by atoms with Gasteiger partial charge >= 0.3 is 0 Å². The summed E-state index contributed by atoms with van der Waals surface area (Å²) in [5.41, 5.74) is 2.16. The first kappa shape index (κ1) is 16.2. The highest BCUT2D eigenvalue weighted by Gasteiger charge is 2.28. The molecule has 116 valence electrons. The lowest BCUT2D eigenvalue weighted by molar-refractivity contribution is 0.0953. The van der Waals surface area contributed by atoms with Crippen molar-refractivity contribution in [3.8, 4) is 0 Å². The molecule has 2 rings (SSSR count). The Hall–Kier alpha value is -1.16. The molecule has 4 heteroatoms. The molecule has 1 heterocycles. The van der Waals surface area contributed by atoms with E-state index in [0.29, 0.717) is 11.5 Å². The van der Waals surface area contributed by atoms with Crippen molar-refractivity contribution in [2.75, 3.05) is 23.4 Å². The third kappa shape index (κ3) is 4.95. The maximum Gasteiger partial charge on any atom is 0.251 e. The minimum atomic E-state index is 0.0128. The van der Waals surface area contributed by atoms with Gasteiger partial charge in [-0.05, 0) is 42.2 Å². The summed E-state index contributed by atoms with van der Waals surface area (Å²) >= 11 is 2.01. The number of thioether (sulfide) groups is 1. The molecule has 1 aromatic carbocycles.